The summed E-state index contributed by atoms with van der Waals surface area (Å²) in [6.07, 6.45) is 7.78. The number of rotatable bonds is 3. The number of carbonyl (C=O) groups excluding carboxylic acids is 1. The Labute approximate surface area is 77.7 Å². The third-order valence-electron chi connectivity index (χ3n) is 2.09. The molecular formula is C10H14O3. The minimum Gasteiger partial charge on any atom is -0.468 e. The number of carbonyl (C=O) groups is 1. The third kappa shape index (κ3) is 2.42. The molecule has 0 heterocycles. The Balaban J connectivity index is 2.71. The van der Waals surface area contributed by atoms with Gasteiger partial charge in [-0.2, -0.15) is 0 Å². The predicted octanol–water partition coefficient (Wildman–Crippen LogP) is 1.04. The summed E-state index contributed by atoms with van der Waals surface area (Å²) >= 11 is 0. The van der Waals surface area contributed by atoms with Crippen LogP contribution < -0.4 is 0 Å². The van der Waals surface area contributed by atoms with Gasteiger partial charge in [0.25, 0.3) is 0 Å². The summed E-state index contributed by atoms with van der Waals surface area (Å²) < 4.78 is 4.58. The molecule has 0 saturated heterocycles. The molecule has 3 heteroatoms. The largest absolute Gasteiger partial charge is 0.468 e. The Morgan fingerprint density at radius 2 is 2.46 bits per heavy atom. The van der Waals surface area contributed by atoms with E-state index in [0.29, 0.717) is 0 Å². The zero-order valence-corrected chi connectivity index (χ0v) is 7.69. The molecule has 0 aromatic rings. The number of aliphatic hydroxyl groups excluding tert-OH is 1. The summed E-state index contributed by atoms with van der Waals surface area (Å²) in [5.74, 6) is -0.887. The van der Waals surface area contributed by atoms with Gasteiger partial charge in [0.05, 0.1) is 13.7 Å². The molecular weight excluding hydrogens is 168 g/mol. The molecule has 0 aromatic heterocycles. The number of methoxy groups -OCH3 is 1. The number of esters is 1. The van der Waals surface area contributed by atoms with E-state index in [1.54, 1.807) is 0 Å². The Bertz CT molecular complexity index is 241. The number of hydrogen-bond acceptors (Lipinski definition) is 3. The molecule has 0 saturated carbocycles. The van der Waals surface area contributed by atoms with Gasteiger partial charge in [-0.15, -0.1) is 0 Å². The molecule has 0 spiro atoms. The van der Waals surface area contributed by atoms with Crippen molar-refractivity contribution in [2.75, 3.05) is 13.7 Å². The first-order valence-corrected chi connectivity index (χ1v) is 4.35. The van der Waals surface area contributed by atoms with Crippen LogP contribution in [-0.4, -0.2) is 24.8 Å². The number of allylic oxidation sites excluding steroid dienone is 3. The van der Waals surface area contributed by atoms with Crippen molar-refractivity contribution in [1.29, 1.82) is 0 Å². The Morgan fingerprint density at radius 3 is 2.92 bits per heavy atom. The molecule has 3 nitrogen and oxygen atoms in total. The first-order valence-electron chi connectivity index (χ1n) is 4.35. The zero-order chi connectivity index (χ0) is 9.68. The molecule has 0 amide bonds. The average molecular weight is 182 g/mol. The van der Waals surface area contributed by atoms with Crippen molar-refractivity contribution in [3.8, 4) is 0 Å². The van der Waals surface area contributed by atoms with Gasteiger partial charge in [-0.1, -0.05) is 18.2 Å². The number of hydrogen-bond donors (Lipinski definition) is 1. The molecule has 0 bridgehead atoms. The average Bonchev–Trinajstić information content (AvgIpc) is 2.20. The van der Waals surface area contributed by atoms with Crippen LogP contribution >= 0.6 is 0 Å². The van der Waals surface area contributed by atoms with Crippen molar-refractivity contribution < 1.29 is 14.6 Å². The molecule has 1 aliphatic rings. The summed E-state index contributed by atoms with van der Waals surface area (Å²) in [7, 11) is 1.33. The molecule has 0 fully saturated rings. The van der Waals surface area contributed by atoms with Crippen molar-refractivity contribution >= 4 is 5.97 Å². The van der Waals surface area contributed by atoms with E-state index in [9.17, 15) is 4.79 Å². The van der Waals surface area contributed by atoms with Crippen molar-refractivity contribution in [3.05, 3.63) is 23.8 Å². The van der Waals surface area contributed by atoms with Crippen LogP contribution in [-0.2, 0) is 9.53 Å². The molecule has 1 aliphatic carbocycles. The van der Waals surface area contributed by atoms with E-state index in [2.05, 4.69) is 4.74 Å². The molecule has 72 valence electrons. The summed E-state index contributed by atoms with van der Waals surface area (Å²) in [4.78, 5) is 11.2. The second-order valence-electron chi connectivity index (χ2n) is 2.94. The predicted molar refractivity (Wildman–Crippen MR) is 49.0 cm³/mol. The fourth-order valence-corrected chi connectivity index (χ4v) is 1.35. The second-order valence-corrected chi connectivity index (χ2v) is 2.94. The van der Waals surface area contributed by atoms with Crippen LogP contribution in [0.2, 0.25) is 0 Å². The van der Waals surface area contributed by atoms with E-state index in [1.165, 1.54) is 7.11 Å². The van der Waals surface area contributed by atoms with Crippen molar-refractivity contribution in [2.24, 2.45) is 5.92 Å². The molecule has 1 atom stereocenters. The van der Waals surface area contributed by atoms with Gasteiger partial charge in [0, 0.05) is 0 Å². The highest BCUT2D eigenvalue weighted by molar-refractivity contribution is 5.76. The highest BCUT2D eigenvalue weighted by Gasteiger charge is 2.21. The van der Waals surface area contributed by atoms with E-state index in [0.717, 1.165) is 18.4 Å². The molecule has 1 N–H and O–H groups in total. The fourth-order valence-electron chi connectivity index (χ4n) is 1.35. The second kappa shape index (κ2) is 4.82. The van der Waals surface area contributed by atoms with Crippen molar-refractivity contribution in [1.82, 2.24) is 0 Å². The molecule has 13 heavy (non-hydrogen) atoms. The van der Waals surface area contributed by atoms with Gasteiger partial charge in [-0.3, -0.25) is 4.79 Å². The van der Waals surface area contributed by atoms with Gasteiger partial charge in [0.1, 0.15) is 5.92 Å². The van der Waals surface area contributed by atoms with Gasteiger partial charge in [0.15, 0.2) is 0 Å². The van der Waals surface area contributed by atoms with E-state index >= 15 is 0 Å². The maximum atomic E-state index is 11.2. The summed E-state index contributed by atoms with van der Waals surface area (Å²) in [5, 5.41) is 9.00. The first-order chi connectivity index (χ1) is 6.29. The Hall–Kier alpha value is -1.09. The first kappa shape index (κ1) is 9.99. The van der Waals surface area contributed by atoms with Gasteiger partial charge in [0.2, 0.25) is 0 Å². The number of aliphatic hydroxyl groups is 1. The van der Waals surface area contributed by atoms with E-state index < -0.39 is 5.92 Å². The minimum atomic E-state index is -0.512. The van der Waals surface area contributed by atoms with Crippen LogP contribution in [0.1, 0.15) is 12.8 Å². The summed E-state index contributed by atoms with van der Waals surface area (Å²) in [6, 6.07) is 0. The standard InChI is InChI=1S/C10H14O3/c1-13-10(12)9(7-11)8-5-3-2-4-6-8/h3,5-6,9,11H,2,4,7H2,1H3. The van der Waals surface area contributed by atoms with Gasteiger partial charge >= 0.3 is 5.97 Å². The van der Waals surface area contributed by atoms with E-state index in [1.807, 2.05) is 18.2 Å². The van der Waals surface area contributed by atoms with Crippen LogP contribution in [0.3, 0.4) is 0 Å². The van der Waals surface area contributed by atoms with E-state index in [4.69, 9.17) is 5.11 Å². The summed E-state index contributed by atoms with van der Waals surface area (Å²) in [5.41, 5.74) is 0.862. The van der Waals surface area contributed by atoms with Crippen LogP contribution in [0.5, 0.6) is 0 Å². The van der Waals surface area contributed by atoms with Crippen LogP contribution in [0, 0.1) is 5.92 Å². The smallest absolute Gasteiger partial charge is 0.315 e. The topological polar surface area (TPSA) is 46.5 Å². The maximum Gasteiger partial charge on any atom is 0.315 e. The molecule has 0 aromatic carbocycles. The van der Waals surface area contributed by atoms with E-state index in [-0.39, 0.29) is 12.6 Å². The number of ether oxygens (including phenoxy) is 1. The van der Waals surface area contributed by atoms with Gasteiger partial charge < -0.3 is 9.84 Å². The summed E-state index contributed by atoms with van der Waals surface area (Å²) in [6.45, 7) is -0.192. The van der Waals surface area contributed by atoms with Crippen LogP contribution in [0.4, 0.5) is 0 Å². The van der Waals surface area contributed by atoms with Gasteiger partial charge in [-0.05, 0) is 18.4 Å². The normalized spacial score (nSPS) is 17.8. The molecule has 0 aliphatic heterocycles. The lowest BCUT2D eigenvalue weighted by Gasteiger charge is -2.15. The Morgan fingerprint density at radius 1 is 1.69 bits per heavy atom. The quantitative estimate of drug-likeness (QED) is 0.663. The highest BCUT2D eigenvalue weighted by atomic mass is 16.5. The third-order valence-corrected chi connectivity index (χ3v) is 2.09. The Kier molecular flexibility index (Phi) is 3.71. The van der Waals surface area contributed by atoms with Gasteiger partial charge in [-0.25, -0.2) is 0 Å². The fraction of sp³-hybridized carbons (Fsp3) is 0.500. The molecule has 1 rings (SSSR count). The molecule has 1 unspecified atom stereocenters. The maximum absolute atomic E-state index is 11.2. The SMILES string of the molecule is COC(=O)C(CO)C1=CCCC=C1. The lowest BCUT2D eigenvalue weighted by atomic mass is 9.95. The van der Waals surface area contributed by atoms with Crippen molar-refractivity contribution in [2.45, 2.75) is 12.8 Å². The zero-order valence-electron chi connectivity index (χ0n) is 7.69. The lowest BCUT2D eigenvalue weighted by molar-refractivity contribution is -0.145. The highest BCUT2D eigenvalue weighted by Crippen LogP contribution is 2.19. The monoisotopic (exact) mass is 182 g/mol. The lowest BCUT2D eigenvalue weighted by Crippen LogP contribution is -2.21. The van der Waals surface area contributed by atoms with Crippen molar-refractivity contribution in [3.63, 3.8) is 0 Å². The van der Waals surface area contributed by atoms with Crippen LogP contribution in [0.15, 0.2) is 23.8 Å². The molecule has 0 radical (unpaired) electrons. The minimum absolute atomic E-state index is 0.192. The van der Waals surface area contributed by atoms with Crippen LogP contribution in [0.25, 0.3) is 0 Å².